The van der Waals surface area contributed by atoms with Gasteiger partial charge in [0, 0.05) is 53.3 Å². The van der Waals surface area contributed by atoms with E-state index in [9.17, 15) is 0 Å². The molecule has 0 aliphatic carbocycles. The topological polar surface area (TPSA) is 30.7 Å². The molecule has 0 radical (unpaired) electrons. The van der Waals surface area contributed by atoms with Gasteiger partial charge in [0.15, 0.2) is 5.82 Å². The van der Waals surface area contributed by atoms with Gasteiger partial charge in [0.2, 0.25) is 0 Å². The molecule has 0 saturated heterocycles. The molecule has 224 valence electrons. The minimum Gasteiger partial charge on any atom is -0.309 e. The number of hydrogen-bond donors (Lipinski definition) is 0. The number of nitrogens with zero attached hydrogens (tertiary/aromatic N) is 3. The average Bonchev–Trinajstić information content (AvgIpc) is 3.72. The third-order valence-corrected chi connectivity index (χ3v) is 10.6. The summed E-state index contributed by atoms with van der Waals surface area (Å²) in [6, 6.07) is 58.1. The first kappa shape index (κ1) is 27.1. The van der Waals surface area contributed by atoms with Gasteiger partial charge in [-0.2, -0.15) is 0 Å². The van der Waals surface area contributed by atoms with Crippen molar-refractivity contribution in [2.75, 3.05) is 0 Å². The summed E-state index contributed by atoms with van der Waals surface area (Å²) < 4.78 is 5.06. The van der Waals surface area contributed by atoms with E-state index in [-0.39, 0.29) is 0 Å². The molecule has 0 aliphatic rings. The molecular formula is C44H27N3S. The van der Waals surface area contributed by atoms with Crippen LogP contribution in [0.1, 0.15) is 0 Å². The Labute approximate surface area is 281 Å². The van der Waals surface area contributed by atoms with Gasteiger partial charge in [0.25, 0.3) is 0 Å². The molecule has 0 N–H and O–H groups in total. The zero-order valence-corrected chi connectivity index (χ0v) is 26.7. The first-order valence-electron chi connectivity index (χ1n) is 16.2. The Morgan fingerprint density at radius 1 is 0.438 bits per heavy atom. The van der Waals surface area contributed by atoms with E-state index in [0.29, 0.717) is 5.82 Å². The lowest BCUT2D eigenvalue weighted by Crippen LogP contribution is -1.97. The fourth-order valence-electron chi connectivity index (χ4n) is 7.18. The van der Waals surface area contributed by atoms with Gasteiger partial charge in [-0.1, -0.05) is 115 Å². The average molecular weight is 630 g/mol. The Balaban J connectivity index is 1.15. The SMILES string of the molecule is c1ccc(-c2cc(-c3ccccc3)nc(-c3ccc(-n4c5ccccc5c5c6sc7ccc8ccccc8c7c6ccc54)cc3)n2)cc1. The minimum absolute atomic E-state index is 0.711. The van der Waals surface area contributed by atoms with Crippen LogP contribution >= 0.6 is 11.3 Å². The number of hydrogen-bond acceptors (Lipinski definition) is 3. The molecule has 0 saturated carbocycles. The third-order valence-electron chi connectivity index (χ3n) is 9.41. The molecule has 10 rings (SSSR count). The smallest absolute Gasteiger partial charge is 0.160 e. The summed E-state index contributed by atoms with van der Waals surface area (Å²) >= 11 is 1.90. The Morgan fingerprint density at radius 3 is 1.81 bits per heavy atom. The zero-order chi connectivity index (χ0) is 31.6. The molecule has 0 spiro atoms. The molecule has 0 bridgehead atoms. The second-order valence-electron chi connectivity index (χ2n) is 12.2. The van der Waals surface area contributed by atoms with Gasteiger partial charge in [0.1, 0.15) is 0 Å². The number of rotatable bonds is 4. The Bertz CT molecular complexity index is 2760. The molecule has 10 aromatic rings. The van der Waals surface area contributed by atoms with Crippen LogP contribution in [0.3, 0.4) is 0 Å². The van der Waals surface area contributed by atoms with Gasteiger partial charge < -0.3 is 4.57 Å². The van der Waals surface area contributed by atoms with E-state index in [2.05, 4.69) is 156 Å². The summed E-state index contributed by atoms with van der Waals surface area (Å²) in [5.74, 6) is 0.711. The fourth-order valence-corrected chi connectivity index (χ4v) is 8.46. The molecule has 0 fully saturated rings. The van der Waals surface area contributed by atoms with Crippen LogP contribution in [0.2, 0.25) is 0 Å². The van der Waals surface area contributed by atoms with E-state index in [1.54, 1.807) is 0 Å². The van der Waals surface area contributed by atoms with E-state index >= 15 is 0 Å². The van der Waals surface area contributed by atoms with Crippen molar-refractivity contribution in [3.05, 3.63) is 164 Å². The standard InChI is InChI=1S/C44H27N3S/c1-3-12-29(13-4-1)36-27-37(30-14-5-2-6-15-30)46-44(45-36)31-19-22-32(23-20-31)47-38-18-10-9-17-34(38)42-39(47)25-24-35-41-33-16-8-7-11-28(33)21-26-40(41)48-43(35)42/h1-27H. The highest BCUT2D eigenvalue weighted by molar-refractivity contribution is 7.27. The van der Waals surface area contributed by atoms with Crippen molar-refractivity contribution in [3.63, 3.8) is 0 Å². The molecule has 0 amide bonds. The van der Waals surface area contributed by atoms with Crippen LogP contribution in [0, 0.1) is 0 Å². The normalized spacial score (nSPS) is 11.8. The van der Waals surface area contributed by atoms with Gasteiger partial charge in [-0.25, -0.2) is 9.97 Å². The first-order chi connectivity index (χ1) is 23.8. The number of thiophene rings is 1. The van der Waals surface area contributed by atoms with Crippen molar-refractivity contribution in [2.24, 2.45) is 0 Å². The zero-order valence-electron chi connectivity index (χ0n) is 25.8. The highest BCUT2D eigenvalue weighted by Gasteiger charge is 2.19. The van der Waals surface area contributed by atoms with Crippen molar-refractivity contribution in [3.8, 4) is 39.6 Å². The van der Waals surface area contributed by atoms with Gasteiger partial charge in [-0.05, 0) is 59.3 Å². The van der Waals surface area contributed by atoms with Crippen molar-refractivity contribution in [2.45, 2.75) is 0 Å². The molecule has 3 aromatic heterocycles. The highest BCUT2D eigenvalue weighted by Crippen LogP contribution is 2.45. The summed E-state index contributed by atoms with van der Waals surface area (Å²) in [6.45, 7) is 0. The summed E-state index contributed by atoms with van der Waals surface area (Å²) in [5, 5.41) is 7.84. The van der Waals surface area contributed by atoms with E-state index in [4.69, 9.17) is 9.97 Å². The molecule has 0 atom stereocenters. The van der Waals surface area contributed by atoms with Crippen LogP contribution in [-0.4, -0.2) is 14.5 Å². The van der Waals surface area contributed by atoms with Gasteiger partial charge in [-0.15, -0.1) is 11.3 Å². The van der Waals surface area contributed by atoms with Crippen LogP contribution in [0.25, 0.3) is 92.3 Å². The largest absolute Gasteiger partial charge is 0.309 e. The predicted molar refractivity (Wildman–Crippen MR) is 203 cm³/mol. The minimum atomic E-state index is 0.711. The fraction of sp³-hybridized carbons (Fsp3) is 0. The second-order valence-corrected chi connectivity index (χ2v) is 13.2. The maximum absolute atomic E-state index is 5.05. The lowest BCUT2D eigenvalue weighted by atomic mass is 10.0. The molecular weight excluding hydrogens is 603 g/mol. The van der Waals surface area contributed by atoms with Crippen LogP contribution in [0.4, 0.5) is 0 Å². The van der Waals surface area contributed by atoms with Crippen LogP contribution < -0.4 is 0 Å². The second kappa shape index (κ2) is 10.7. The maximum atomic E-state index is 5.05. The lowest BCUT2D eigenvalue weighted by Gasteiger charge is -2.11. The summed E-state index contributed by atoms with van der Waals surface area (Å²) in [6.07, 6.45) is 0. The number of aromatic nitrogens is 3. The van der Waals surface area contributed by atoms with E-state index in [1.165, 1.54) is 52.8 Å². The van der Waals surface area contributed by atoms with E-state index < -0.39 is 0 Å². The Kier molecular flexibility index (Phi) is 6.05. The maximum Gasteiger partial charge on any atom is 0.160 e. The molecule has 3 heterocycles. The van der Waals surface area contributed by atoms with Gasteiger partial charge in [0.05, 0.1) is 22.4 Å². The molecule has 0 aliphatic heterocycles. The summed E-state index contributed by atoms with van der Waals surface area (Å²) in [7, 11) is 0. The molecule has 3 nitrogen and oxygen atoms in total. The Hall–Kier alpha value is -6.10. The van der Waals surface area contributed by atoms with Crippen molar-refractivity contribution in [1.82, 2.24) is 14.5 Å². The van der Waals surface area contributed by atoms with Gasteiger partial charge >= 0.3 is 0 Å². The quantitative estimate of drug-likeness (QED) is 0.194. The number of para-hydroxylation sites is 1. The summed E-state index contributed by atoms with van der Waals surface area (Å²) in [4.78, 5) is 10.1. The van der Waals surface area contributed by atoms with E-state index in [1.807, 2.05) is 23.5 Å². The molecule has 7 aromatic carbocycles. The molecule has 4 heteroatoms. The van der Waals surface area contributed by atoms with Crippen molar-refractivity contribution >= 4 is 64.1 Å². The number of fused-ring (bicyclic) bond motifs is 9. The third kappa shape index (κ3) is 4.20. The van der Waals surface area contributed by atoms with Gasteiger partial charge in [-0.3, -0.25) is 0 Å². The van der Waals surface area contributed by atoms with Crippen molar-refractivity contribution in [1.29, 1.82) is 0 Å². The highest BCUT2D eigenvalue weighted by atomic mass is 32.1. The predicted octanol–water partition coefficient (Wildman–Crippen LogP) is 12.1. The van der Waals surface area contributed by atoms with E-state index in [0.717, 1.165) is 33.8 Å². The van der Waals surface area contributed by atoms with Crippen LogP contribution in [0.15, 0.2) is 164 Å². The monoisotopic (exact) mass is 629 g/mol. The first-order valence-corrected chi connectivity index (χ1v) is 17.0. The van der Waals surface area contributed by atoms with Crippen LogP contribution in [0.5, 0.6) is 0 Å². The molecule has 48 heavy (non-hydrogen) atoms. The Morgan fingerprint density at radius 2 is 1.08 bits per heavy atom. The van der Waals surface area contributed by atoms with Crippen LogP contribution in [-0.2, 0) is 0 Å². The lowest BCUT2D eigenvalue weighted by molar-refractivity contribution is 1.16. The molecule has 0 unspecified atom stereocenters. The van der Waals surface area contributed by atoms with Crippen molar-refractivity contribution < 1.29 is 0 Å². The number of benzene rings is 7. The summed E-state index contributed by atoms with van der Waals surface area (Å²) in [5.41, 5.74) is 8.45.